The highest BCUT2D eigenvalue weighted by Gasteiger charge is 2.17. The van der Waals surface area contributed by atoms with Gasteiger partial charge in [0.1, 0.15) is 5.82 Å². The molecule has 1 aromatic rings. The standard InChI is InChI=1S/C17H29N3O/c1-12(2)17-19-11-16(15(20-17)10-18-13(3)4)21-9-8-14-6-5-7-14/h11-14,18H,5-10H2,1-4H3. The monoisotopic (exact) mass is 291 g/mol. The number of hydrogen-bond acceptors (Lipinski definition) is 4. The molecule has 0 saturated heterocycles. The maximum Gasteiger partial charge on any atom is 0.160 e. The zero-order valence-corrected chi connectivity index (χ0v) is 13.9. The second-order valence-corrected chi connectivity index (χ2v) is 6.66. The first-order chi connectivity index (χ1) is 10.1. The summed E-state index contributed by atoms with van der Waals surface area (Å²) in [5.74, 6) is 2.94. The molecule has 0 amide bonds. The summed E-state index contributed by atoms with van der Waals surface area (Å²) < 4.78 is 5.95. The third kappa shape index (κ3) is 4.95. The predicted octanol–water partition coefficient (Wildman–Crippen LogP) is 3.67. The molecule has 21 heavy (non-hydrogen) atoms. The quantitative estimate of drug-likeness (QED) is 0.794. The Bertz CT molecular complexity index is 442. The van der Waals surface area contributed by atoms with Gasteiger partial charge in [-0.05, 0) is 12.3 Å². The molecule has 1 saturated carbocycles. The van der Waals surface area contributed by atoms with Crippen LogP contribution < -0.4 is 10.1 Å². The Morgan fingerprint density at radius 1 is 1.29 bits per heavy atom. The molecule has 0 bridgehead atoms. The molecule has 0 aliphatic heterocycles. The van der Waals surface area contributed by atoms with E-state index in [2.05, 4.69) is 43.0 Å². The molecule has 1 aliphatic rings. The number of nitrogens with zero attached hydrogens (tertiary/aromatic N) is 2. The van der Waals surface area contributed by atoms with E-state index in [-0.39, 0.29) is 0 Å². The molecule has 4 heteroatoms. The number of aromatic nitrogens is 2. The topological polar surface area (TPSA) is 47.0 Å². The Labute approximate surface area is 128 Å². The zero-order valence-electron chi connectivity index (χ0n) is 13.9. The van der Waals surface area contributed by atoms with Crippen LogP contribution in [0.1, 0.15) is 70.8 Å². The molecule has 1 heterocycles. The van der Waals surface area contributed by atoms with Gasteiger partial charge in [-0.15, -0.1) is 0 Å². The smallest absolute Gasteiger partial charge is 0.160 e. The van der Waals surface area contributed by atoms with Gasteiger partial charge in [0.2, 0.25) is 0 Å². The minimum Gasteiger partial charge on any atom is -0.490 e. The lowest BCUT2D eigenvalue weighted by molar-refractivity contribution is 0.219. The number of ether oxygens (including phenoxy) is 1. The Morgan fingerprint density at radius 3 is 2.62 bits per heavy atom. The SMILES string of the molecule is CC(C)NCc1nc(C(C)C)ncc1OCCC1CCC1. The van der Waals surface area contributed by atoms with E-state index in [9.17, 15) is 0 Å². The van der Waals surface area contributed by atoms with Crippen LogP contribution in [-0.2, 0) is 6.54 Å². The van der Waals surface area contributed by atoms with E-state index >= 15 is 0 Å². The molecule has 1 aromatic heterocycles. The van der Waals surface area contributed by atoms with Crippen molar-refractivity contribution in [2.75, 3.05) is 6.61 Å². The first-order valence-electron chi connectivity index (χ1n) is 8.28. The lowest BCUT2D eigenvalue weighted by Gasteiger charge is -2.25. The second kappa shape index (κ2) is 7.74. The maximum atomic E-state index is 5.95. The van der Waals surface area contributed by atoms with E-state index in [1.54, 1.807) is 0 Å². The summed E-state index contributed by atoms with van der Waals surface area (Å²) in [6, 6.07) is 0.435. The molecule has 1 fully saturated rings. The highest BCUT2D eigenvalue weighted by molar-refractivity contribution is 5.25. The molecule has 1 N–H and O–H groups in total. The Morgan fingerprint density at radius 2 is 2.05 bits per heavy atom. The van der Waals surface area contributed by atoms with Crippen molar-refractivity contribution in [1.82, 2.24) is 15.3 Å². The molecule has 0 unspecified atom stereocenters. The van der Waals surface area contributed by atoms with Gasteiger partial charge in [-0.3, -0.25) is 0 Å². The van der Waals surface area contributed by atoms with Gasteiger partial charge in [0.25, 0.3) is 0 Å². The molecule has 4 nitrogen and oxygen atoms in total. The Hall–Kier alpha value is -1.16. The van der Waals surface area contributed by atoms with Crippen LogP contribution in [0.3, 0.4) is 0 Å². The van der Waals surface area contributed by atoms with Crippen LogP contribution in [0.25, 0.3) is 0 Å². The van der Waals surface area contributed by atoms with Gasteiger partial charge in [-0.1, -0.05) is 47.0 Å². The van der Waals surface area contributed by atoms with E-state index in [1.165, 1.54) is 19.3 Å². The van der Waals surface area contributed by atoms with Crippen molar-refractivity contribution >= 4 is 0 Å². The van der Waals surface area contributed by atoms with Crippen LogP contribution in [0.2, 0.25) is 0 Å². The van der Waals surface area contributed by atoms with Crippen molar-refractivity contribution in [3.8, 4) is 5.75 Å². The van der Waals surface area contributed by atoms with Crippen molar-refractivity contribution in [2.45, 2.75) is 71.9 Å². The van der Waals surface area contributed by atoms with Crippen LogP contribution in [0.4, 0.5) is 0 Å². The fourth-order valence-electron chi connectivity index (χ4n) is 2.36. The minimum absolute atomic E-state index is 0.340. The van der Waals surface area contributed by atoms with E-state index in [0.717, 1.165) is 42.8 Å². The fraction of sp³-hybridized carbons (Fsp3) is 0.765. The normalized spacial score (nSPS) is 15.5. The predicted molar refractivity (Wildman–Crippen MR) is 85.5 cm³/mol. The molecule has 1 aliphatic carbocycles. The van der Waals surface area contributed by atoms with Gasteiger partial charge < -0.3 is 10.1 Å². The lowest BCUT2D eigenvalue weighted by atomic mass is 9.83. The third-order valence-corrected chi connectivity index (χ3v) is 4.05. The summed E-state index contributed by atoms with van der Waals surface area (Å²) in [5, 5.41) is 3.42. The molecular formula is C17H29N3O. The number of hydrogen-bond donors (Lipinski definition) is 1. The summed E-state index contributed by atoms with van der Waals surface area (Å²) in [5.41, 5.74) is 0.982. The van der Waals surface area contributed by atoms with Crippen LogP contribution in [0.15, 0.2) is 6.20 Å². The van der Waals surface area contributed by atoms with Gasteiger partial charge in [0.15, 0.2) is 5.75 Å². The molecular weight excluding hydrogens is 262 g/mol. The molecule has 2 rings (SSSR count). The Balaban J connectivity index is 1.98. The van der Waals surface area contributed by atoms with Crippen molar-refractivity contribution in [3.05, 3.63) is 17.7 Å². The van der Waals surface area contributed by atoms with Crippen LogP contribution in [-0.4, -0.2) is 22.6 Å². The van der Waals surface area contributed by atoms with Gasteiger partial charge >= 0.3 is 0 Å². The average molecular weight is 291 g/mol. The summed E-state index contributed by atoms with van der Waals surface area (Å²) in [6.07, 6.45) is 7.13. The molecule has 118 valence electrons. The van der Waals surface area contributed by atoms with Gasteiger partial charge in [0.05, 0.1) is 18.5 Å². The third-order valence-electron chi connectivity index (χ3n) is 4.05. The van der Waals surface area contributed by atoms with Crippen LogP contribution in [0.5, 0.6) is 5.75 Å². The van der Waals surface area contributed by atoms with E-state index in [0.29, 0.717) is 12.0 Å². The van der Waals surface area contributed by atoms with Gasteiger partial charge in [-0.2, -0.15) is 0 Å². The molecule has 0 spiro atoms. The summed E-state index contributed by atoms with van der Waals surface area (Å²) >= 11 is 0. The first kappa shape index (κ1) is 16.2. The average Bonchev–Trinajstić information content (AvgIpc) is 2.39. The zero-order chi connectivity index (χ0) is 15.2. The lowest BCUT2D eigenvalue weighted by Crippen LogP contribution is -2.23. The second-order valence-electron chi connectivity index (χ2n) is 6.66. The summed E-state index contributed by atoms with van der Waals surface area (Å²) in [7, 11) is 0. The first-order valence-corrected chi connectivity index (χ1v) is 8.28. The molecule has 0 aromatic carbocycles. The molecule has 0 radical (unpaired) electrons. The molecule has 0 atom stereocenters. The van der Waals surface area contributed by atoms with Crippen molar-refractivity contribution in [2.24, 2.45) is 5.92 Å². The van der Waals surface area contributed by atoms with Crippen molar-refractivity contribution in [1.29, 1.82) is 0 Å². The van der Waals surface area contributed by atoms with E-state index in [1.807, 2.05) is 6.20 Å². The maximum absolute atomic E-state index is 5.95. The largest absolute Gasteiger partial charge is 0.490 e. The van der Waals surface area contributed by atoms with Gasteiger partial charge in [-0.25, -0.2) is 9.97 Å². The summed E-state index contributed by atoms with van der Waals surface area (Å²) in [4.78, 5) is 9.11. The van der Waals surface area contributed by atoms with Crippen molar-refractivity contribution < 1.29 is 4.74 Å². The van der Waals surface area contributed by atoms with Crippen LogP contribution >= 0.6 is 0 Å². The minimum atomic E-state index is 0.340. The van der Waals surface area contributed by atoms with E-state index < -0.39 is 0 Å². The summed E-state index contributed by atoms with van der Waals surface area (Å²) in [6.45, 7) is 10.0. The number of nitrogens with one attached hydrogen (secondary N) is 1. The van der Waals surface area contributed by atoms with Crippen LogP contribution in [0, 0.1) is 5.92 Å². The Kier molecular flexibility index (Phi) is 5.97. The highest BCUT2D eigenvalue weighted by atomic mass is 16.5. The van der Waals surface area contributed by atoms with Gasteiger partial charge in [0, 0.05) is 18.5 Å². The highest BCUT2D eigenvalue weighted by Crippen LogP contribution is 2.29. The fourth-order valence-corrected chi connectivity index (χ4v) is 2.36. The number of rotatable bonds is 8. The van der Waals surface area contributed by atoms with E-state index in [4.69, 9.17) is 4.74 Å². The van der Waals surface area contributed by atoms with Crippen molar-refractivity contribution in [3.63, 3.8) is 0 Å².